The van der Waals surface area contributed by atoms with E-state index in [1.165, 1.54) is 4.90 Å². The van der Waals surface area contributed by atoms with E-state index < -0.39 is 0 Å². The Morgan fingerprint density at radius 2 is 1.85 bits per heavy atom. The molecule has 0 bridgehead atoms. The van der Waals surface area contributed by atoms with Gasteiger partial charge in [0.2, 0.25) is 11.8 Å². The zero-order valence-electron chi connectivity index (χ0n) is 14.8. The van der Waals surface area contributed by atoms with E-state index in [1.54, 1.807) is 29.2 Å². The van der Waals surface area contributed by atoms with Crippen molar-refractivity contribution in [1.29, 1.82) is 0 Å². The number of morpholine rings is 1. The first-order valence-corrected chi connectivity index (χ1v) is 9.07. The lowest BCUT2D eigenvalue weighted by atomic mass is 9.82. The van der Waals surface area contributed by atoms with E-state index in [0.29, 0.717) is 50.4 Å². The zero-order valence-corrected chi connectivity index (χ0v) is 14.8. The van der Waals surface area contributed by atoms with Gasteiger partial charge >= 0.3 is 0 Å². The van der Waals surface area contributed by atoms with Crippen molar-refractivity contribution >= 4 is 23.4 Å². The smallest absolute Gasteiger partial charge is 0.254 e. The minimum absolute atomic E-state index is 0.0934. The normalized spacial score (nSPS) is 26.0. The van der Waals surface area contributed by atoms with Gasteiger partial charge in [0.1, 0.15) is 0 Å². The number of ether oxygens (including phenoxy) is 1. The molecule has 2 saturated heterocycles. The fraction of sp³-hybridized carbons (Fsp3) is 0.450. The van der Waals surface area contributed by atoms with E-state index in [0.717, 1.165) is 5.57 Å². The molecule has 1 aromatic rings. The molecule has 0 saturated carbocycles. The molecule has 6 nitrogen and oxygen atoms in total. The van der Waals surface area contributed by atoms with Crippen molar-refractivity contribution in [3.05, 3.63) is 41.5 Å². The van der Waals surface area contributed by atoms with Crippen LogP contribution in [-0.4, -0.2) is 48.9 Å². The molecule has 136 valence electrons. The first kappa shape index (κ1) is 17.0. The summed E-state index contributed by atoms with van der Waals surface area (Å²) >= 11 is 0. The fourth-order valence-electron chi connectivity index (χ4n) is 4.02. The van der Waals surface area contributed by atoms with Crippen LogP contribution in [0, 0.1) is 11.8 Å². The molecule has 2 heterocycles. The van der Waals surface area contributed by atoms with Crippen LogP contribution in [0.25, 0.3) is 0 Å². The summed E-state index contributed by atoms with van der Waals surface area (Å²) in [6, 6.07) is 6.84. The van der Waals surface area contributed by atoms with Gasteiger partial charge in [0.05, 0.1) is 30.7 Å². The summed E-state index contributed by atoms with van der Waals surface area (Å²) in [5, 5.41) is 0. The molecule has 0 unspecified atom stereocenters. The van der Waals surface area contributed by atoms with Crippen LogP contribution in [0.2, 0.25) is 0 Å². The van der Waals surface area contributed by atoms with Gasteiger partial charge in [0.15, 0.2) is 0 Å². The molecule has 0 aromatic heterocycles. The predicted molar refractivity (Wildman–Crippen MR) is 95.6 cm³/mol. The topological polar surface area (TPSA) is 66.9 Å². The Morgan fingerprint density at radius 1 is 1.12 bits per heavy atom. The molecule has 26 heavy (non-hydrogen) atoms. The van der Waals surface area contributed by atoms with Gasteiger partial charge in [-0.05, 0) is 38.0 Å². The summed E-state index contributed by atoms with van der Waals surface area (Å²) in [7, 11) is 0. The second-order valence-corrected chi connectivity index (χ2v) is 7.17. The maximum atomic E-state index is 12.8. The van der Waals surface area contributed by atoms with Gasteiger partial charge in [-0.25, -0.2) is 0 Å². The molecule has 0 spiro atoms. The standard InChI is InChI=1S/C20H22N2O4/c1-13-5-6-16-17(11-13)20(25)22(19(16)24)15-4-2-3-14(12-15)18(23)21-7-9-26-10-8-21/h2-5,12,16-17H,6-11H2,1H3/t16-,17+/m0/s1. The highest BCUT2D eigenvalue weighted by Crippen LogP contribution is 2.39. The number of imide groups is 1. The third-order valence-corrected chi connectivity index (χ3v) is 5.47. The molecule has 2 aliphatic heterocycles. The SMILES string of the molecule is CC1=CC[C@@H]2C(=O)N(c3cccc(C(=O)N4CCOCC4)c3)C(=O)[C@@H]2C1. The molecule has 1 aliphatic carbocycles. The number of rotatable bonds is 2. The number of hydrogen-bond acceptors (Lipinski definition) is 4. The minimum Gasteiger partial charge on any atom is -0.378 e. The summed E-state index contributed by atoms with van der Waals surface area (Å²) in [5.41, 5.74) is 2.14. The van der Waals surface area contributed by atoms with Crippen LogP contribution in [0.4, 0.5) is 5.69 Å². The van der Waals surface area contributed by atoms with Crippen LogP contribution >= 0.6 is 0 Å². The maximum absolute atomic E-state index is 12.8. The molecule has 2 atom stereocenters. The number of carbonyl (C=O) groups is 3. The second-order valence-electron chi connectivity index (χ2n) is 7.17. The average Bonchev–Trinajstić information content (AvgIpc) is 2.92. The van der Waals surface area contributed by atoms with E-state index in [2.05, 4.69) is 0 Å². The lowest BCUT2D eigenvalue weighted by Gasteiger charge is -2.27. The Balaban J connectivity index is 1.60. The number of anilines is 1. The number of carbonyl (C=O) groups excluding carboxylic acids is 3. The summed E-state index contributed by atoms with van der Waals surface area (Å²) < 4.78 is 5.29. The third kappa shape index (κ3) is 2.84. The van der Waals surface area contributed by atoms with Gasteiger partial charge in [-0.15, -0.1) is 0 Å². The zero-order chi connectivity index (χ0) is 18.3. The number of fused-ring (bicyclic) bond motifs is 1. The Kier molecular flexibility index (Phi) is 4.36. The van der Waals surface area contributed by atoms with Gasteiger partial charge in [-0.2, -0.15) is 0 Å². The number of nitrogens with zero attached hydrogens (tertiary/aromatic N) is 2. The van der Waals surface area contributed by atoms with E-state index in [9.17, 15) is 14.4 Å². The van der Waals surface area contributed by atoms with Crippen molar-refractivity contribution in [2.24, 2.45) is 11.8 Å². The molecule has 1 aromatic carbocycles. The number of allylic oxidation sites excluding steroid dienone is 2. The number of benzene rings is 1. The highest BCUT2D eigenvalue weighted by Gasteiger charge is 2.48. The van der Waals surface area contributed by atoms with Gasteiger partial charge in [-0.1, -0.05) is 17.7 Å². The second kappa shape index (κ2) is 6.68. The third-order valence-electron chi connectivity index (χ3n) is 5.47. The lowest BCUT2D eigenvalue weighted by molar-refractivity contribution is -0.122. The summed E-state index contributed by atoms with van der Waals surface area (Å²) in [6.45, 7) is 4.17. The van der Waals surface area contributed by atoms with Crippen molar-refractivity contribution in [3.8, 4) is 0 Å². The largest absolute Gasteiger partial charge is 0.378 e. The van der Waals surface area contributed by atoms with Crippen molar-refractivity contribution < 1.29 is 19.1 Å². The van der Waals surface area contributed by atoms with E-state index in [-0.39, 0.29) is 29.6 Å². The summed E-state index contributed by atoms with van der Waals surface area (Å²) in [4.78, 5) is 41.4. The number of hydrogen-bond donors (Lipinski definition) is 0. The van der Waals surface area contributed by atoms with Crippen molar-refractivity contribution in [2.45, 2.75) is 19.8 Å². The molecular weight excluding hydrogens is 332 g/mol. The van der Waals surface area contributed by atoms with Gasteiger partial charge in [-0.3, -0.25) is 19.3 Å². The maximum Gasteiger partial charge on any atom is 0.254 e. The van der Waals surface area contributed by atoms with Crippen LogP contribution < -0.4 is 4.90 Å². The Labute approximate surface area is 152 Å². The van der Waals surface area contributed by atoms with E-state index in [4.69, 9.17) is 4.74 Å². The Hall–Kier alpha value is -2.47. The molecule has 0 N–H and O–H groups in total. The molecule has 0 radical (unpaired) electrons. The quantitative estimate of drug-likeness (QED) is 0.602. The van der Waals surface area contributed by atoms with Crippen molar-refractivity contribution in [1.82, 2.24) is 4.90 Å². The van der Waals surface area contributed by atoms with Gasteiger partial charge in [0.25, 0.3) is 5.91 Å². The predicted octanol–water partition coefficient (Wildman–Crippen LogP) is 2.00. The molecule has 4 rings (SSSR count). The number of amides is 3. The van der Waals surface area contributed by atoms with Crippen molar-refractivity contribution in [3.63, 3.8) is 0 Å². The minimum atomic E-state index is -0.273. The first-order chi connectivity index (χ1) is 12.6. The Bertz CT molecular complexity index is 795. The van der Waals surface area contributed by atoms with Crippen LogP contribution in [0.15, 0.2) is 35.9 Å². The molecule has 3 aliphatic rings. The van der Waals surface area contributed by atoms with Gasteiger partial charge < -0.3 is 9.64 Å². The summed E-state index contributed by atoms with van der Waals surface area (Å²) in [5.74, 6) is -0.941. The fourth-order valence-corrected chi connectivity index (χ4v) is 4.02. The van der Waals surface area contributed by atoms with E-state index in [1.807, 2.05) is 13.0 Å². The Morgan fingerprint density at radius 3 is 2.62 bits per heavy atom. The monoisotopic (exact) mass is 354 g/mol. The van der Waals surface area contributed by atoms with Crippen LogP contribution in [0.3, 0.4) is 0 Å². The highest BCUT2D eigenvalue weighted by molar-refractivity contribution is 6.22. The average molecular weight is 354 g/mol. The lowest BCUT2D eigenvalue weighted by Crippen LogP contribution is -2.40. The van der Waals surface area contributed by atoms with Gasteiger partial charge in [0, 0.05) is 18.7 Å². The molecule has 6 heteroatoms. The van der Waals surface area contributed by atoms with Crippen LogP contribution in [-0.2, 0) is 14.3 Å². The summed E-state index contributed by atoms with van der Waals surface area (Å²) in [6.07, 6.45) is 3.30. The van der Waals surface area contributed by atoms with Crippen LogP contribution in [0.1, 0.15) is 30.1 Å². The first-order valence-electron chi connectivity index (χ1n) is 9.07. The van der Waals surface area contributed by atoms with Crippen LogP contribution in [0.5, 0.6) is 0 Å². The molecular formula is C20H22N2O4. The van der Waals surface area contributed by atoms with E-state index >= 15 is 0 Å². The highest BCUT2D eigenvalue weighted by atomic mass is 16.5. The molecule has 3 amide bonds. The van der Waals surface area contributed by atoms with Crippen molar-refractivity contribution in [2.75, 3.05) is 31.2 Å². The molecule has 2 fully saturated rings.